The fraction of sp³-hybridized carbons (Fsp3) is 0.318. The lowest BCUT2D eigenvalue weighted by molar-refractivity contribution is -0.154. The zero-order valence-corrected chi connectivity index (χ0v) is 17.7. The monoisotopic (exact) mass is 447 g/mol. The highest BCUT2D eigenvalue weighted by atomic mass is 19.4. The molecular weight excluding hydrogens is 423 g/mol. The molecule has 0 bridgehead atoms. The number of hydrogen-bond acceptors (Lipinski definition) is 5. The van der Waals surface area contributed by atoms with Gasteiger partial charge in [-0.3, -0.25) is 0 Å². The normalized spacial score (nSPS) is 12.0. The topological polar surface area (TPSA) is 84.6 Å². The van der Waals surface area contributed by atoms with E-state index in [1.807, 2.05) is 38.1 Å². The van der Waals surface area contributed by atoms with Gasteiger partial charge in [0.15, 0.2) is 12.6 Å². The predicted molar refractivity (Wildman–Crippen MR) is 114 cm³/mol. The summed E-state index contributed by atoms with van der Waals surface area (Å²) in [5.74, 6) is 1.02. The third-order valence-corrected chi connectivity index (χ3v) is 4.23. The third-order valence-electron chi connectivity index (χ3n) is 4.23. The summed E-state index contributed by atoms with van der Waals surface area (Å²) < 4.78 is 46.8. The van der Waals surface area contributed by atoms with E-state index in [9.17, 15) is 13.2 Å². The number of aryl methyl sites for hydroxylation is 1. The summed E-state index contributed by atoms with van der Waals surface area (Å²) in [6, 6.07) is 10.9. The van der Waals surface area contributed by atoms with Gasteiger partial charge in [0.1, 0.15) is 6.26 Å². The van der Waals surface area contributed by atoms with Crippen LogP contribution in [0.2, 0.25) is 0 Å². The SMILES string of the molecule is CCNC(=NCc1ccc(OCC(F)(F)F)nc1)NCc1coc(-c2ccc(C)cc2)n1. The van der Waals surface area contributed by atoms with Crippen molar-refractivity contribution in [3.63, 3.8) is 0 Å². The van der Waals surface area contributed by atoms with E-state index in [0.29, 0.717) is 24.9 Å². The van der Waals surface area contributed by atoms with Crippen molar-refractivity contribution in [1.82, 2.24) is 20.6 Å². The average Bonchev–Trinajstić information content (AvgIpc) is 3.24. The summed E-state index contributed by atoms with van der Waals surface area (Å²) in [4.78, 5) is 12.8. The number of guanidine groups is 1. The van der Waals surface area contributed by atoms with Gasteiger partial charge in [-0.1, -0.05) is 23.8 Å². The molecule has 3 aromatic rings. The van der Waals surface area contributed by atoms with Crippen LogP contribution in [0.15, 0.2) is 58.3 Å². The molecule has 0 aliphatic carbocycles. The minimum Gasteiger partial charge on any atom is -0.468 e. The Kier molecular flexibility index (Phi) is 7.69. The van der Waals surface area contributed by atoms with Crippen molar-refractivity contribution >= 4 is 5.96 Å². The maximum absolute atomic E-state index is 12.2. The van der Waals surface area contributed by atoms with Crippen LogP contribution in [-0.4, -0.2) is 35.3 Å². The van der Waals surface area contributed by atoms with Crippen molar-refractivity contribution < 1.29 is 22.3 Å². The number of aliphatic imine (C=N–C) groups is 1. The molecule has 0 aliphatic rings. The Morgan fingerprint density at radius 1 is 1.12 bits per heavy atom. The molecule has 0 amide bonds. The molecule has 32 heavy (non-hydrogen) atoms. The van der Waals surface area contributed by atoms with Gasteiger partial charge in [0.25, 0.3) is 0 Å². The van der Waals surface area contributed by atoms with E-state index >= 15 is 0 Å². The minimum atomic E-state index is -4.40. The second-order valence-corrected chi connectivity index (χ2v) is 6.97. The van der Waals surface area contributed by atoms with Crippen molar-refractivity contribution in [2.24, 2.45) is 4.99 Å². The summed E-state index contributed by atoms with van der Waals surface area (Å²) in [5, 5.41) is 6.30. The Morgan fingerprint density at radius 2 is 1.91 bits per heavy atom. The first kappa shape index (κ1) is 23.1. The molecule has 0 aliphatic heterocycles. The molecule has 170 valence electrons. The van der Waals surface area contributed by atoms with E-state index in [0.717, 1.165) is 22.4 Å². The summed E-state index contributed by atoms with van der Waals surface area (Å²) in [7, 11) is 0. The molecule has 0 fully saturated rings. The second kappa shape index (κ2) is 10.7. The van der Waals surface area contributed by atoms with Gasteiger partial charge in [-0.15, -0.1) is 0 Å². The molecule has 2 heterocycles. The molecule has 0 saturated carbocycles. The van der Waals surface area contributed by atoms with Crippen LogP contribution in [0, 0.1) is 6.92 Å². The van der Waals surface area contributed by atoms with E-state index < -0.39 is 12.8 Å². The molecule has 10 heteroatoms. The molecule has 0 unspecified atom stereocenters. The van der Waals surface area contributed by atoms with Crippen LogP contribution >= 0.6 is 0 Å². The summed E-state index contributed by atoms with van der Waals surface area (Å²) in [5.41, 5.74) is 3.51. The van der Waals surface area contributed by atoms with Gasteiger partial charge in [0, 0.05) is 24.4 Å². The Hall–Kier alpha value is -3.56. The van der Waals surface area contributed by atoms with Gasteiger partial charge in [-0.2, -0.15) is 13.2 Å². The molecule has 7 nitrogen and oxygen atoms in total. The van der Waals surface area contributed by atoms with Gasteiger partial charge in [0.2, 0.25) is 11.8 Å². The van der Waals surface area contributed by atoms with E-state index in [1.165, 1.54) is 12.3 Å². The number of rotatable bonds is 8. The van der Waals surface area contributed by atoms with Crippen LogP contribution in [0.5, 0.6) is 5.88 Å². The van der Waals surface area contributed by atoms with Crippen LogP contribution in [0.3, 0.4) is 0 Å². The van der Waals surface area contributed by atoms with Gasteiger partial charge in [-0.05, 0) is 31.5 Å². The number of hydrogen-bond donors (Lipinski definition) is 2. The van der Waals surface area contributed by atoms with Gasteiger partial charge in [0.05, 0.1) is 18.8 Å². The molecule has 0 saturated heterocycles. The van der Waals surface area contributed by atoms with Crippen molar-refractivity contribution in [2.75, 3.05) is 13.2 Å². The fourth-order valence-corrected chi connectivity index (χ4v) is 2.65. The van der Waals surface area contributed by atoms with Crippen molar-refractivity contribution in [3.05, 3.63) is 65.7 Å². The summed E-state index contributed by atoms with van der Waals surface area (Å²) in [6.45, 7) is 3.93. The van der Waals surface area contributed by atoms with E-state index in [2.05, 4.69) is 30.3 Å². The number of nitrogens with zero attached hydrogens (tertiary/aromatic N) is 3. The number of ether oxygens (including phenoxy) is 1. The molecule has 1 aromatic carbocycles. The highest BCUT2D eigenvalue weighted by Gasteiger charge is 2.28. The van der Waals surface area contributed by atoms with Crippen molar-refractivity contribution in [1.29, 1.82) is 0 Å². The number of alkyl halides is 3. The maximum Gasteiger partial charge on any atom is 0.422 e. The first-order valence-electron chi connectivity index (χ1n) is 10.0. The van der Waals surface area contributed by atoms with Gasteiger partial charge in [-0.25, -0.2) is 15.0 Å². The minimum absolute atomic E-state index is 0.0875. The predicted octanol–water partition coefficient (Wildman–Crippen LogP) is 4.24. The Labute approximate surface area is 183 Å². The molecule has 0 spiro atoms. The zero-order chi connectivity index (χ0) is 23.0. The first-order chi connectivity index (χ1) is 15.3. The van der Waals surface area contributed by atoms with Gasteiger partial charge >= 0.3 is 6.18 Å². The number of aromatic nitrogens is 2. The fourth-order valence-electron chi connectivity index (χ4n) is 2.65. The molecule has 2 N–H and O–H groups in total. The summed E-state index contributed by atoms with van der Waals surface area (Å²) >= 11 is 0. The molecule has 3 rings (SSSR count). The van der Waals surface area contributed by atoms with Crippen LogP contribution in [0.4, 0.5) is 13.2 Å². The molecule has 2 aromatic heterocycles. The molecular formula is C22H24F3N5O2. The Morgan fingerprint density at radius 3 is 2.56 bits per heavy atom. The van der Waals surface area contributed by atoms with Crippen LogP contribution in [0.1, 0.15) is 23.7 Å². The maximum atomic E-state index is 12.2. The third kappa shape index (κ3) is 7.29. The highest BCUT2D eigenvalue weighted by Crippen LogP contribution is 2.19. The first-order valence-corrected chi connectivity index (χ1v) is 10.0. The smallest absolute Gasteiger partial charge is 0.422 e. The summed E-state index contributed by atoms with van der Waals surface area (Å²) in [6.07, 6.45) is -1.37. The van der Waals surface area contributed by atoms with Crippen LogP contribution in [0.25, 0.3) is 11.5 Å². The Bertz CT molecular complexity index is 1020. The van der Waals surface area contributed by atoms with Crippen molar-refractivity contribution in [2.45, 2.75) is 33.1 Å². The van der Waals surface area contributed by atoms with E-state index in [-0.39, 0.29) is 12.4 Å². The van der Waals surface area contributed by atoms with E-state index in [1.54, 1.807) is 12.3 Å². The lowest BCUT2D eigenvalue weighted by atomic mass is 10.1. The quantitative estimate of drug-likeness (QED) is 0.397. The number of pyridine rings is 1. The van der Waals surface area contributed by atoms with Gasteiger partial charge < -0.3 is 19.8 Å². The van der Waals surface area contributed by atoms with E-state index in [4.69, 9.17) is 4.42 Å². The van der Waals surface area contributed by atoms with Crippen LogP contribution < -0.4 is 15.4 Å². The lowest BCUT2D eigenvalue weighted by Gasteiger charge is -2.10. The second-order valence-electron chi connectivity index (χ2n) is 6.97. The standard InChI is InChI=1S/C22H24F3N5O2/c1-3-26-21(28-11-16-6-9-19(27-10-16)32-14-22(23,24)25)29-12-18-13-31-20(30-18)17-7-4-15(2)5-8-17/h4-10,13H,3,11-12,14H2,1-2H3,(H2,26,28,29). The zero-order valence-electron chi connectivity index (χ0n) is 17.7. The highest BCUT2D eigenvalue weighted by molar-refractivity contribution is 5.79. The number of oxazole rings is 1. The largest absolute Gasteiger partial charge is 0.468 e. The van der Waals surface area contributed by atoms with Crippen LogP contribution in [-0.2, 0) is 13.1 Å². The number of halogens is 3. The molecule has 0 radical (unpaired) electrons. The Balaban J connectivity index is 1.55. The average molecular weight is 447 g/mol. The number of benzene rings is 1. The number of nitrogens with one attached hydrogen (secondary N) is 2. The lowest BCUT2D eigenvalue weighted by Crippen LogP contribution is -2.36. The van der Waals surface area contributed by atoms with Crippen molar-refractivity contribution in [3.8, 4) is 17.3 Å². The molecule has 0 atom stereocenters.